The third-order valence-electron chi connectivity index (χ3n) is 2.69. The van der Waals surface area contributed by atoms with Crippen LogP contribution < -0.4 is 0 Å². The average molecular weight is 285 g/mol. The lowest BCUT2D eigenvalue weighted by Gasteiger charge is -2.06. The molecule has 8 heteroatoms. The fourth-order valence-electron chi connectivity index (χ4n) is 1.86. The van der Waals surface area contributed by atoms with Crippen molar-refractivity contribution in [2.24, 2.45) is 0 Å². The number of hydrogen-bond donors (Lipinski definition) is 2. The number of rotatable bonds is 5. The summed E-state index contributed by atoms with van der Waals surface area (Å²) < 4.78 is 31.5. The summed E-state index contributed by atoms with van der Waals surface area (Å²) in [4.78, 5) is 0.973. The second-order valence-electron chi connectivity index (χ2n) is 4.30. The average Bonchev–Trinajstić information content (AvgIpc) is 2.69. The van der Waals surface area contributed by atoms with Crippen molar-refractivity contribution in [1.82, 2.24) is 15.0 Å². The summed E-state index contributed by atoms with van der Waals surface area (Å²) in [5.74, 6) is 0. The molecule has 0 amide bonds. The molecule has 1 aromatic heterocycles. The van der Waals surface area contributed by atoms with Gasteiger partial charge in [-0.2, -0.15) is 23.4 Å². The van der Waals surface area contributed by atoms with Crippen LogP contribution >= 0.6 is 0 Å². The second-order valence-corrected chi connectivity index (χ2v) is 5.69. The molecule has 2 rings (SSSR count). The highest BCUT2D eigenvalue weighted by Gasteiger charge is 2.18. The Morgan fingerprint density at radius 1 is 1.37 bits per heavy atom. The van der Waals surface area contributed by atoms with E-state index in [0.717, 1.165) is 6.42 Å². The molecule has 0 spiro atoms. The van der Waals surface area contributed by atoms with Crippen molar-refractivity contribution >= 4 is 21.2 Å². The Morgan fingerprint density at radius 2 is 2.11 bits per heavy atom. The van der Waals surface area contributed by atoms with Crippen molar-refractivity contribution in [2.45, 2.75) is 37.3 Å². The van der Waals surface area contributed by atoms with Gasteiger partial charge in [-0.25, -0.2) is 0 Å². The van der Waals surface area contributed by atoms with Crippen LogP contribution in [0, 0.1) is 0 Å². The second kappa shape index (κ2) is 5.24. The number of aromatic nitrogens is 3. The summed E-state index contributed by atoms with van der Waals surface area (Å²) >= 11 is 0. The zero-order chi connectivity index (χ0) is 14.0. The highest BCUT2D eigenvalue weighted by atomic mass is 32.2. The van der Waals surface area contributed by atoms with Crippen molar-refractivity contribution in [3.63, 3.8) is 0 Å². The predicted molar refractivity (Wildman–Crippen MR) is 68.3 cm³/mol. The van der Waals surface area contributed by atoms with E-state index in [0.29, 0.717) is 11.9 Å². The lowest BCUT2D eigenvalue weighted by Crippen LogP contribution is -2.17. The lowest BCUT2D eigenvalue weighted by molar-refractivity contribution is 0.134. The molecule has 0 bridgehead atoms. The molecular formula is C11H15N3O4S. The molecule has 0 saturated heterocycles. The fraction of sp³-hybridized carbons (Fsp3) is 0.455. The third-order valence-corrected chi connectivity index (χ3v) is 3.58. The van der Waals surface area contributed by atoms with Gasteiger partial charge < -0.3 is 5.11 Å². The Balaban J connectivity index is 2.41. The summed E-state index contributed by atoms with van der Waals surface area (Å²) in [6.45, 7) is 2.14. The maximum atomic E-state index is 11.2. The molecule has 104 valence electrons. The van der Waals surface area contributed by atoms with Crippen LogP contribution in [-0.2, 0) is 16.7 Å². The van der Waals surface area contributed by atoms with E-state index in [1.165, 1.54) is 16.9 Å². The van der Waals surface area contributed by atoms with Crippen LogP contribution in [0.4, 0.5) is 0 Å². The van der Waals surface area contributed by atoms with Gasteiger partial charge in [-0.3, -0.25) is 4.55 Å². The SMILES string of the molecule is CCCC(O)Cn1nc2cccc(S(=O)(=O)O)c2n1. The van der Waals surface area contributed by atoms with Gasteiger partial charge in [-0.05, 0) is 18.6 Å². The number of benzene rings is 1. The van der Waals surface area contributed by atoms with Gasteiger partial charge in [0.2, 0.25) is 0 Å². The molecule has 1 atom stereocenters. The maximum absolute atomic E-state index is 11.2. The van der Waals surface area contributed by atoms with E-state index in [1.807, 2.05) is 6.92 Å². The van der Waals surface area contributed by atoms with E-state index in [2.05, 4.69) is 10.2 Å². The predicted octanol–water partition coefficient (Wildman–Crippen LogP) is 0.839. The minimum absolute atomic E-state index is 0.105. The first-order valence-corrected chi connectivity index (χ1v) is 7.35. The van der Waals surface area contributed by atoms with Crippen LogP contribution in [0.2, 0.25) is 0 Å². The Labute approximate surface area is 110 Å². The molecule has 7 nitrogen and oxygen atoms in total. The zero-order valence-corrected chi connectivity index (χ0v) is 11.2. The normalized spacial score (nSPS) is 13.8. The van der Waals surface area contributed by atoms with Crippen LogP contribution in [0.3, 0.4) is 0 Å². The van der Waals surface area contributed by atoms with Gasteiger partial charge >= 0.3 is 0 Å². The maximum Gasteiger partial charge on any atom is 0.296 e. The van der Waals surface area contributed by atoms with Gasteiger partial charge in [0.1, 0.15) is 15.9 Å². The lowest BCUT2D eigenvalue weighted by atomic mass is 10.2. The molecule has 0 aliphatic carbocycles. The highest BCUT2D eigenvalue weighted by Crippen LogP contribution is 2.19. The van der Waals surface area contributed by atoms with E-state index < -0.39 is 16.2 Å². The van der Waals surface area contributed by atoms with E-state index in [4.69, 9.17) is 4.55 Å². The van der Waals surface area contributed by atoms with Gasteiger partial charge in [0, 0.05) is 0 Å². The molecule has 0 aliphatic rings. The molecule has 1 heterocycles. The summed E-state index contributed by atoms with van der Waals surface area (Å²) in [7, 11) is -4.33. The number of fused-ring (bicyclic) bond motifs is 1. The fourth-order valence-corrected chi connectivity index (χ4v) is 2.50. The van der Waals surface area contributed by atoms with Crippen LogP contribution in [0.25, 0.3) is 11.0 Å². The smallest absolute Gasteiger partial charge is 0.296 e. The first-order valence-electron chi connectivity index (χ1n) is 5.91. The zero-order valence-electron chi connectivity index (χ0n) is 10.4. The quantitative estimate of drug-likeness (QED) is 0.789. The minimum atomic E-state index is -4.33. The minimum Gasteiger partial charge on any atom is -0.391 e. The molecule has 0 saturated carbocycles. The molecule has 0 radical (unpaired) electrons. The number of nitrogens with zero attached hydrogens (tertiary/aromatic N) is 3. The summed E-state index contributed by atoms with van der Waals surface area (Å²) in [6.07, 6.45) is 0.863. The van der Waals surface area contributed by atoms with E-state index in [-0.39, 0.29) is 17.0 Å². The van der Waals surface area contributed by atoms with E-state index >= 15 is 0 Å². The van der Waals surface area contributed by atoms with E-state index in [9.17, 15) is 13.5 Å². The van der Waals surface area contributed by atoms with Gasteiger partial charge in [0.05, 0.1) is 12.6 Å². The summed E-state index contributed by atoms with van der Waals surface area (Å²) in [5, 5.41) is 17.8. The molecule has 1 aromatic carbocycles. The van der Waals surface area contributed by atoms with Crippen molar-refractivity contribution in [3.8, 4) is 0 Å². The van der Waals surface area contributed by atoms with Gasteiger partial charge in [-0.1, -0.05) is 19.4 Å². The molecule has 0 aliphatic heterocycles. The van der Waals surface area contributed by atoms with Crippen molar-refractivity contribution in [2.75, 3.05) is 0 Å². The molecule has 2 N–H and O–H groups in total. The van der Waals surface area contributed by atoms with Crippen molar-refractivity contribution < 1.29 is 18.1 Å². The first kappa shape index (κ1) is 13.9. The topological polar surface area (TPSA) is 105 Å². The molecule has 2 aromatic rings. The van der Waals surface area contributed by atoms with Crippen LogP contribution in [-0.4, -0.2) is 39.2 Å². The Kier molecular flexibility index (Phi) is 3.83. The summed E-state index contributed by atoms with van der Waals surface area (Å²) in [6, 6.07) is 4.34. The van der Waals surface area contributed by atoms with Crippen molar-refractivity contribution in [1.29, 1.82) is 0 Å². The van der Waals surface area contributed by atoms with Crippen LogP contribution in [0.15, 0.2) is 23.1 Å². The molecule has 1 unspecified atom stereocenters. The first-order chi connectivity index (χ1) is 8.91. The van der Waals surface area contributed by atoms with Gasteiger partial charge in [0.25, 0.3) is 10.1 Å². The van der Waals surface area contributed by atoms with E-state index in [1.54, 1.807) is 6.07 Å². The summed E-state index contributed by atoms with van der Waals surface area (Å²) in [5.41, 5.74) is 0.465. The monoisotopic (exact) mass is 285 g/mol. The van der Waals surface area contributed by atoms with Gasteiger partial charge in [-0.15, -0.1) is 0 Å². The Bertz CT molecular complexity index is 680. The largest absolute Gasteiger partial charge is 0.391 e. The van der Waals surface area contributed by atoms with Gasteiger partial charge in [0.15, 0.2) is 0 Å². The Hall–Kier alpha value is -1.51. The Morgan fingerprint density at radius 3 is 2.74 bits per heavy atom. The standard InChI is InChI=1S/C11H15N3O4S/c1-2-4-8(15)7-14-12-9-5-3-6-10(11(9)13-14)19(16,17)18/h3,5-6,8,15H,2,4,7H2,1H3,(H,16,17,18). The third kappa shape index (κ3) is 3.09. The van der Waals surface area contributed by atoms with Crippen LogP contribution in [0.1, 0.15) is 19.8 Å². The highest BCUT2D eigenvalue weighted by molar-refractivity contribution is 7.86. The van der Waals surface area contributed by atoms with Crippen LogP contribution in [0.5, 0.6) is 0 Å². The molecular weight excluding hydrogens is 270 g/mol. The number of hydrogen-bond acceptors (Lipinski definition) is 5. The molecule has 19 heavy (non-hydrogen) atoms. The van der Waals surface area contributed by atoms with Crippen molar-refractivity contribution in [3.05, 3.63) is 18.2 Å². The molecule has 0 fully saturated rings. The number of aliphatic hydroxyl groups excluding tert-OH is 1. The number of aliphatic hydroxyl groups is 1.